The minimum Gasteiger partial charge on any atom is -0.310 e. The van der Waals surface area contributed by atoms with Crippen LogP contribution in [0, 0.1) is 12.7 Å². The van der Waals surface area contributed by atoms with Crippen molar-refractivity contribution in [3.05, 3.63) is 65.1 Å². The Bertz CT molecular complexity index is 1220. The molecule has 0 bridgehead atoms. The summed E-state index contributed by atoms with van der Waals surface area (Å²) in [5.74, 6) is 0.394. The highest BCUT2D eigenvalue weighted by Gasteiger charge is 2.17. The molecule has 5 rings (SSSR count). The van der Waals surface area contributed by atoms with Crippen LogP contribution in [-0.2, 0) is 17.6 Å². The molecule has 31 heavy (non-hydrogen) atoms. The number of benzene rings is 2. The number of fused-ring (bicyclic) bond motifs is 2. The summed E-state index contributed by atoms with van der Waals surface area (Å²) in [5.41, 5.74) is 4.62. The number of thiazole rings is 1. The van der Waals surface area contributed by atoms with Crippen molar-refractivity contribution < 1.29 is 9.18 Å². The van der Waals surface area contributed by atoms with Gasteiger partial charge in [0.25, 0.3) is 0 Å². The molecule has 0 fully saturated rings. The standard InChI is InChI=1S/C23H21FN4OS2/c1-14-10-21(26-22(29)13-30-18-8-6-17(24)7-9-18)28(27-14)23-25-19-11-15-4-2-3-5-16(15)12-20(19)31-23/h6-12H,2-5,13H2,1H3,(H,26,29). The quantitative estimate of drug-likeness (QED) is 0.404. The largest absolute Gasteiger partial charge is 0.310 e. The molecule has 0 aliphatic heterocycles. The smallest absolute Gasteiger partial charge is 0.235 e. The average Bonchev–Trinajstić information content (AvgIpc) is 3.33. The van der Waals surface area contributed by atoms with Gasteiger partial charge in [-0.25, -0.2) is 9.37 Å². The molecule has 1 aliphatic carbocycles. The van der Waals surface area contributed by atoms with E-state index in [4.69, 9.17) is 4.98 Å². The van der Waals surface area contributed by atoms with E-state index in [1.165, 1.54) is 47.9 Å². The molecule has 0 unspecified atom stereocenters. The van der Waals surface area contributed by atoms with E-state index in [0.717, 1.165) is 38.8 Å². The van der Waals surface area contributed by atoms with E-state index >= 15 is 0 Å². The van der Waals surface area contributed by atoms with Crippen LogP contribution in [0.15, 0.2) is 47.4 Å². The van der Waals surface area contributed by atoms with Crippen molar-refractivity contribution in [1.82, 2.24) is 14.8 Å². The highest BCUT2D eigenvalue weighted by molar-refractivity contribution is 8.00. The van der Waals surface area contributed by atoms with E-state index in [2.05, 4.69) is 22.5 Å². The van der Waals surface area contributed by atoms with Gasteiger partial charge in [0.2, 0.25) is 11.0 Å². The predicted molar refractivity (Wildman–Crippen MR) is 124 cm³/mol. The first-order valence-corrected chi connectivity index (χ1v) is 12.0. The number of amides is 1. The van der Waals surface area contributed by atoms with Crippen molar-refractivity contribution in [1.29, 1.82) is 0 Å². The first-order valence-electron chi connectivity index (χ1n) is 10.2. The van der Waals surface area contributed by atoms with Gasteiger partial charge in [0, 0.05) is 11.0 Å². The Morgan fingerprint density at radius 3 is 2.68 bits per heavy atom. The highest BCUT2D eigenvalue weighted by atomic mass is 32.2. The molecule has 0 atom stereocenters. The van der Waals surface area contributed by atoms with Gasteiger partial charge in [-0.3, -0.25) is 4.79 Å². The lowest BCUT2D eigenvalue weighted by Gasteiger charge is -2.14. The number of thioether (sulfide) groups is 1. The molecule has 1 aliphatic rings. The molecule has 2 aromatic carbocycles. The number of carbonyl (C=O) groups excluding carboxylic acids is 1. The zero-order chi connectivity index (χ0) is 21.4. The summed E-state index contributed by atoms with van der Waals surface area (Å²) < 4.78 is 15.9. The molecular weight excluding hydrogens is 431 g/mol. The second-order valence-electron chi connectivity index (χ2n) is 7.67. The zero-order valence-corrected chi connectivity index (χ0v) is 18.7. The van der Waals surface area contributed by atoms with Gasteiger partial charge in [-0.2, -0.15) is 9.78 Å². The van der Waals surface area contributed by atoms with Crippen LogP contribution in [0.4, 0.5) is 10.2 Å². The van der Waals surface area contributed by atoms with Crippen molar-refractivity contribution >= 4 is 45.0 Å². The number of nitrogens with zero attached hydrogens (tertiary/aromatic N) is 3. The van der Waals surface area contributed by atoms with Crippen molar-refractivity contribution in [3.8, 4) is 5.13 Å². The van der Waals surface area contributed by atoms with Crippen LogP contribution in [0.25, 0.3) is 15.3 Å². The van der Waals surface area contributed by atoms with Crippen molar-refractivity contribution in [3.63, 3.8) is 0 Å². The molecule has 0 saturated carbocycles. The fraction of sp³-hybridized carbons (Fsp3) is 0.261. The fourth-order valence-electron chi connectivity index (χ4n) is 3.83. The maximum absolute atomic E-state index is 13.0. The Hall–Kier alpha value is -2.71. The number of halogens is 1. The molecular formula is C23H21FN4OS2. The summed E-state index contributed by atoms with van der Waals surface area (Å²) in [4.78, 5) is 18.2. The maximum atomic E-state index is 13.0. The molecule has 2 heterocycles. The van der Waals surface area contributed by atoms with Crippen molar-refractivity contribution in [2.45, 2.75) is 37.5 Å². The van der Waals surface area contributed by atoms with Gasteiger partial charge in [0.05, 0.1) is 21.7 Å². The Morgan fingerprint density at radius 1 is 1.16 bits per heavy atom. The van der Waals surface area contributed by atoms with E-state index in [1.54, 1.807) is 28.2 Å². The van der Waals surface area contributed by atoms with Crippen molar-refractivity contribution in [2.24, 2.45) is 0 Å². The molecule has 0 spiro atoms. The van der Waals surface area contributed by atoms with E-state index in [9.17, 15) is 9.18 Å². The van der Waals surface area contributed by atoms with E-state index < -0.39 is 0 Å². The minimum atomic E-state index is -0.287. The third-order valence-corrected chi connectivity index (χ3v) is 7.31. The summed E-state index contributed by atoms with van der Waals surface area (Å²) in [6, 6.07) is 12.4. The Morgan fingerprint density at radius 2 is 1.90 bits per heavy atom. The lowest BCUT2D eigenvalue weighted by Crippen LogP contribution is -2.16. The van der Waals surface area contributed by atoms with Crippen LogP contribution in [0.5, 0.6) is 0 Å². The normalized spacial score (nSPS) is 13.4. The van der Waals surface area contributed by atoms with Crippen molar-refractivity contribution in [2.75, 3.05) is 11.1 Å². The van der Waals surface area contributed by atoms with Crippen LogP contribution in [0.2, 0.25) is 0 Å². The number of carbonyl (C=O) groups is 1. The minimum absolute atomic E-state index is 0.146. The van der Waals surface area contributed by atoms with Gasteiger partial charge in [-0.1, -0.05) is 11.3 Å². The second kappa shape index (κ2) is 8.43. The highest BCUT2D eigenvalue weighted by Crippen LogP contribution is 2.32. The van der Waals surface area contributed by atoms with E-state index in [1.807, 2.05) is 13.0 Å². The Labute approximate surface area is 187 Å². The molecule has 2 aromatic heterocycles. The first kappa shape index (κ1) is 20.2. The van der Waals surface area contributed by atoms with Crippen LogP contribution < -0.4 is 5.32 Å². The predicted octanol–water partition coefficient (Wildman–Crippen LogP) is 5.54. The third-order valence-electron chi connectivity index (χ3n) is 5.30. The molecule has 1 N–H and O–H groups in total. The summed E-state index contributed by atoms with van der Waals surface area (Å²) in [5, 5.41) is 8.24. The molecule has 0 saturated heterocycles. The van der Waals surface area contributed by atoms with Crippen LogP contribution >= 0.6 is 23.1 Å². The maximum Gasteiger partial charge on any atom is 0.235 e. The first-order chi connectivity index (χ1) is 15.0. The number of hydrogen-bond acceptors (Lipinski definition) is 5. The monoisotopic (exact) mass is 452 g/mol. The molecule has 4 aromatic rings. The van der Waals surface area contributed by atoms with E-state index in [-0.39, 0.29) is 17.5 Å². The lowest BCUT2D eigenvalue weighted by molar-refractivity contribution is -0.113. The third kappa shape index (κ3) is 4.36. The lowest BCUT2D eigenvalue weighted by atomic mass is 9.92. The van der Waals surface area contributed by atoms with E-state index in [0.29, 0.717) is 5.82 Å². The Kier molecular flexibility index (Phi) is 5.50. The number of nitrogens with one attached hydrogen (secondary N) is 1. The average molecular weight is 453 g/mol. The summed E-state index contributed by atoms with van der Waals surface area (Å²) in [6.07, 6.45) is 4.73. The van der Waals surface area contributed by atoms with Gasteiger partial charge < -0.3 is 5.32 Å². The SMILES string of the molecule is Cc1cc(NC(=O)CSc2ccc(F)cc2)n(-c2nc3cc4c(cc3s2)CCCC4)n1. The van der Waals surface area contributed by atoms with Gasteiger partial charge in [-0.15, -0.1) is 11.8 Å². The number of rotatable bonds is 5. The van der Waals surface area contributed by atoms with Gasteiger partial charge >= 0.3 is 0 Å². The summed E-state index contributed by atoms with van der Waals surface area (Å²) in [7, 11) is 0. The van der Waals surface area contributed by atoms with Crippen LogP contribution in [-0.4, -0.2) is 26.4 Å². The number of hydrogen-bond donors (Lipinski definition) is 1. The molecule has 1 amide bonds. The fourth-order valence-corrected chi connectivity index (χ4v) is 5.50. The Balaban J connectivity index is 1.36. The topological polar surface area (TPSA) is 59.8 Å². The van der Waals surface area contributed by atoms with Crippen LogP contribution in [0.1, 0.15) is 29.7 Å². The van der Waals surface area contributed by atoms with Gasteiger partial charge in [0.15, 0.2) is 0 Å². The number of anilines is 1. The molecule has 158 valence electrons. The number of aromatic nitrogens is 3. The molecule has 5 nitrogen and oxygen atoms in total. The summed E-state index contributed by atoms with van der Waals surface area (Å²) in [6.45, 7) is 1.89. The number of aryl methyl sites for hydroxylation is 3. The second-order valence-corrected chi connectivity index (χ2v) is 9.72. The van der Waals surface area contributed by atoms with Gasteiger partial charge in [-0.05, 0) is 80.1 Å². The zero-order valence-electron chi connectivity index (χ0n) is 17.0. The molecule has 0 radical (unpaired) electrons. The van der Waals surface area contributed by atoms with Gasteiger partial charge in [0.1, 0.15) is 11.6 Å². The summed E-state index contributed by atoms with van der Waals surface area (Å²) >= 11 is 2.95. The van der Waals surface area contributed by atoms with Crippen LogP contribution in [0.3, 0.4) is 0 Å². The molecule has 8 heteroatoms.